The van der Waals surface area contributed by atoms with E-state index in [1.54, 1.807) is 24.3 Å². The quantitative estimate of drug-likeness (QED) is 0.253. The summed E-state index contributed by atoms with van der Waals surface area (Å²) in [5, 5.41) is 19.3. The standard InChI is InChI=1S/C45H54O4/c1-28(2)32-19-25-45(24-18-29-10-8-9-11-33(29)40(48)49)27-26-43(6)35(38(32)45)16-17-37-42(5)22-20-34(30-12-14-31(15-13-30)39(46)47)41(3,4)36(42)21-23-44(37,43)7/h8-15,20,32,35-38H,1,16-17,19,21-23,25-27H2,2-7H3,(H,46,47)(H,48,49)/t32-,35?,36?,37?,38?,42-,43+,44+,45+/m0/s1. The van der Waals surface area contributed by atoms with E-state index in [-0.39, 0.29) is 27.1 Å². The summed E-state index contributed by atoms with van der Waals surface area (Å²) in [5.41, 5.74) is 5.54. The van der Waals surface area contributed by atoms with Crippen molar-refractivity contribution in [2.45, 2.75) is 99.3 Å². The largest absolute Gasteiger partial charge is 0.478 e. The Balaban J connectivity index is 1.24. The minimum atomic E-state index is -0.916. The van der Waals surface area contributed by atoms with Gasteiger partial charge in [-0.1, -0.05) is 89.0 Å². The van der Waals surface area contributed by atoms with Crippen molar-refractivity contribution < 1.29 is 19.8 Å². The molecule has 9 atom stereocenters. The molecule has 2 aromatic carbocycles. The smallest absolute Gasteiger partial charge is 0.336 e. The molecule has 4 unspecified atom stereocenters. The zero-order valence-corrected chi connectivity index (χ0v) is 30.4. The maximum Gasteiger partial charge on any atom is 0.336 e. The monoisotopic (exact) mass is 658 g/mol. The SMILES string of the molecule is C=C(C)[C@@H]1CC[C@]2(C#Cc3ccccc3C(=O)O)CC[C@]3(C)C(CCC4[C@@]5(C)CC=C(c6ccc(C(=O)O)cc6)C(C)(C)C5CC[C@]43C)C12. The number of allylic oxidation sites excluding steroid dienone is 3. The number of hydrogen-bond donors (Lipinski definition) is 2. The maximum absolute atomic E-state index is 12.0. The van der Waals surface area contributed by atoms with Crippen molar-refractivity contribution in [3.8, 4) is 11.8 Å². The molecule has 49 heavy (non-hydrogen) atoms. The van der Waals surface area contributed by atoms with E-state index in [0.717, 1.165) is 31.2 Å². The molecule has 0 aromatic heterocycles. The van der Waals surface area contributed by atoms with Crippen molar-refractivity contribution in [3.63, 3.8) is 0 Å². The lowest BCUT2D eigenvalue weighted by atomic mass is 9.32. The van der Waals surface area contributed by atoms with Gasteiger partial charge >= 0.3 is 11.9 Å². The summed E-state index contributed by atoms with van der Waals surface area (Å²) >= 11 is 0. The molecule has 4 heteroatoms. The van der Waals surface area contributed by atoms with Gasteiger partial charge in [0.15, 0.2) is 0 Å². The first-order chi connectivity index (χ1) is 23.1. The van der Waals surface area contributed by atoms with Crippen LogP contribution in [0, 0.1) is 68.5 Å². The number of carbonyl (C=O) groups is 2. The molecule has 0 saturated heterocycles. The average Bonchev–Trinajstić information content (AvgIpc) is 3.44. The highest BCUT2D eigenvalue weighted by atomic mass is 16.4. The highest BCUT2D eigenvalue weighted by Crippen LogP contribution is 2.77. The molecule has 0 amide bonds. The molecule has 5 aliphatic rings. The molecular formula is C45H54O4. The number of hydrogen-bond acceptors (Lipinski definition) is 2. The predicted molar refractivity (Wildman–Crippen MR) is 196 cm³/mol. The number of rotatable bonds is 4. The lowest BCUT2D eigenvalue weighted by Crippen LogP contribution is -2.65. The third-order valence-corrected chi connectivity index (χ3v) is 15.7. The average molecular weight is 659 g/mol. The van der Waals surface area contributed by atoms with Gasteiger partial charge in [-0.05, 0) is 151 Å². The fourth-order valence-electron chi connectivity index (χ4n) is 13.2. The molecule has 0 bridgehead atoms. The Kier molecular flexibility index (Phi) is 7.94. The first kappa shape index (κ1) is 33.9. The van der Waals surface area contributed by atoms with Gasteiger partial charge in [-0.15, -0.1) is 0 Å². The van der Waals surface area contributed by atoms with E-state index >= 15 is 0 Å². The Labute approximate surface area is 293 Å². The van der Waals surface area contributed by atoms with Crippen LogP contribution in [-0.2, 0) is 0 Å². The van der Waals surface area contributed by atoms with E-state index in [1.807, 2.05) is 24.3 Å². The Morgan fingerprint density at radius 3 is 2.18 bits per heavy atom. The van der Waals surface area contributed by atoms with Crippen LogP contribution in [0.3, 0.4) is 0 Å². The van der Waals surface area contributed by atoms with Crippen LogP contribution < -0.4 is 0 Å². The zero-order chi connectivity index (χ0) is 35.1. The molecule has 4 nitrogen and oxygen atoms in total. The molecular weight excluding hydrogens is 604 g/mol. The number of carboxylic acids is 2. The van der Waals surface area contributed by atoms with Crippen LogP contribution in [0.2, 0.25) is 0 Å². The first-order valence-electron chi connectivity index (χ1n) is 18.6. The van der Waals surface area contributed by atoms with Gasteiger partial charge in [-0.3, -0.25) is 0 Å². The van der Waals surface area contributed by atoms with Crippen molar-refractivity contribution in [2.24, 2.45) is 56.7 Å². The Morgan fingerprint density at radius 2 is 1.51 bits per heavy atom. The first-order valence-corrected chi connectivity index (χ1v) is 18.6. The zero-order valence-electron chi connectivity index (χ0n) is 30.4. The number of fused-ring (bicyclic) bond motifs is 7. The molecule has 0 aliphatic heterocycles. The lowest BCUT2D eigenvalue weighted by molar-refractivity contribution is -0.220. The molecule has 4 saturated carbocycles. The highest BCUT2D eigenvalue weighted by molar-refractivity contribution is 5.90. The molecule has 0 spiro atoms. The normalized spacial score (nSPS) is 38.7. The second-order valence-electron chi connectivity index (χ2n) is 17.9. The van der Waals surface area contributed by atoms with Crippen LogP contribution in [0.4, 0.5) is 0 Å². The molecule has 7 rings (SSSR count). The van der Waals surface area contributed by atoms with Crippen molar-refractivity contribution >= 4 is 17.5 Å². The molecule has 0 heterocycles. The van der Waals surface area contributed by atoms with Gasteiger partial charge in [0.05, 0.1) is 11.1 Å². The van der Waals surface area contributed by atoms with Gasteiger partial charge in [-0.2, -0.15) is 0 Å². The number of benzene rings is 2. The summed E-state index contributed by atoms with van der Waals surface area (Å²) in [6, 6.07) is 14.7. The van der Waals surface area contributed by atoms with Crippen molar-refractivity contribution in [1.29, 1.82) is 0 Å². The third-order valence-electron chi connectivity index (χ3n) is 15.7. The second-order valence-corrected chi connectivity index (χ2v) is 17.9. The van der Waals surface area contributed by atoms with E-state index in [9.17, 15) is 19.8 Å². The van der Waals surface area contributed by atoms with E-state index in [2.05, 4.69) is 66.0 Å². The minimum absolute atomic E-state index is 0.0170. The summed E-state index contributed by atoms with van der Waals surface area (Å²) in [6.07, 6.45) is 12.9. The summed E-state index contributed by atoms with van der Waals surface area (Å²) in [7, 11) is 0. The predicted octanol–water partition coefficient (Wildman–Crippen LogP) is 10.8. The van der Waals surface area contributed by atoms with Gasteiger partial charge in [0.1, 0.15) is 0 Å². The van der Waals surface area contributed by atoms with E-state index in [1.165, 1.54) is 43.3 Å². The van der Waals surface area contributed by atoms with Crippen molar-refractivity contribution in [1.82, 2.24) is 0 Å². The Bertz CT molecular complexity index is 1800. The van der Waals surface area contributed by atoms with Crippen LogP contribution in [0.15, 0.2) is 66.8 Å². The molecule has 4 fully saturated rings. The van der Waals surface area contributed by atoms with Crippen LogP contribution in [0.5, 0.6) is 0 Å². The van der Waals surface area contributed by atoms with E-state index < -0.39 is 11.9 Å². The van der Waals surface area contributed by atoms with Gasteiger partial charge in [0.25, 0.3) is 0 Å². The van der Waals surface area contributed by atoms with Gasteiger partial charge in [-0.25, -0.2) is 9.59 Å². The van der Waals surface area contributed by atoms with Crippen LogP contribution in [-0.4, -0.2) is 22.2 Å². The topological polar surface area (TPSA) is 74.6 Å². The van der Waals surface area contributed by atoms with Crippen molar-refractivity contribution in [2.75, 3.05) is 0 Å². The summed E-state index contributed by atoms with van der Waals surface area (Å²) in [5.74, 6) is 8.10. The Morgan fingerprint density at radius 1 is 0.796 bits per heavy atom. The van der Waals surface area contributed by atoms with Crippen LogP contribution >= 0.6 is 0 Å². The fraction of sp³-hybridized carbons (Fsp3) is 0.556. The Hall–Kier alpha value is -3.58. The molecule has 2 aromatic rings. The fourth-order valence-corrected chi connectivity index (χ4v) is 13.2. The van der Waals surface area contributed by atoms with E-state index in [4.69, 9.17) is 0 Å². The lowest BCUT2D eigenvalue weighted by Gasteiger charge is -2.72. The maximum atomic E-state index is 12.0. The molecule has 0 radical (unpaired) electrons. The van der Waals surface area contributed by atoms with Crippen LogP contribution in [0.25, 0.3) is 5.57 Å². The molecule has 5 aliphatic carbocycles. The van der Waals surface area contributed by atoms with Gasteiger partial charge in [0.2, 0.25) is 0 Å². The van der Waals surface area contributed by atoms with Gasteiger partial charge < -0.3 is 10.2 Å². The molecule has 2 N–H and O–H groups in total. The molecule has 258 valence electrons. The third kappa shape index (κ3) is 4.85. The number of aromatic carboxylic acids is 2. The number of carboxylic acid groups (broad SMARTS) is 2. The van der Waals surface area contributed by atoms with Crippen molar-refractivity contribution in [3.05, 3.63) is 89.0 Å². The van der Waals surface area contributed by atoms with Gasteiger partial charge in [0, 0.05) is 11.0 Å². The van der Waals surface area contributed by atoms with E-state index in [0.29, 0.717) is 46.3 Å². The summed E-state index contributed by atoms with van der Waals surface area (Å²) in [4.78, 5) is 23.6. The van der Waals surface area contributed by atoms with Crippen LogP contribution in [0.1, 0.15) is 131 Å². The second kappa shape index (κ2) is 11.5. The highest BCUT2D eigenvalue weighted by Gasteiger charge is 2.70. The summed E-state index contributed by atoms with van der Waals surface area (Å²) in [6.45, 7) is 19.6. The summed E-state index contributed by atoms with van der Waals surface area (Å²) < 4.78 is 0. The minimum Gasteiger partial charge on any atom is -0.478 e.